The highest BCUT2D eigenvalue weighted by molar-refractivity contribution is 8.03. The van der Waals surface area contributed by atoms with E-state index in [2.05, 4.69) is 5.32 Å². The fourth-order valence-electron chi connectivity index (χ4n) is 1.96. The van der Waals surface area contributed by atoms with E-state index in [9.17, 15) is 9.59 Å². The van der Waals surface area contributed by atoms with Crippen LogP contribution in [0.2, 0.25) is 0 Å². The first kappa shape index (κ1) is 11.3. The Labute approximate surface area is 98.1 Å². The van der Waals surface area contributed by atoms with Crippen LogP contribution in [0, 0.1) is 0 Å². The monoisotopic (exact) mass is 239 g/mol. The summed E-state index contributed by atoms with van der Waals surface area (Å²) in [5.41, 5.74) is 1.62. The fourth-order valence-corrected chi connectivity index (χ4v) is 3.28. The standard InChI is InChI=1S/C11H13NO3S/c1-3-6-4-8(13)12-9-7(11(14)15-2)5-16-10(6)9/h4-5,9-10H,3H2,1-2H3,(H,12,13). The Hall–Kier alpha value is -1.23. The smallest absolute Gasteiger partial charge is 0.336 e. The van der Waals surface area contributed by atoms with E-state index in [1.807, 2.05) is 6.92 Å². The van der Waals surface area contributed by atoms with Crippen LogP contribution >= 0.6 is 11.8 Å². The zero-order valence-corrected chi connectivity index (χ0v) is 9.97. The normalized spacial score (nSPS) is 27.8. The summed E-state index contributed by atoms with van der Waals surface area (Å²) in [6.07, 6.45) is 2.45. The molecular formula is C11H13NO3S. The van der Waals surface area contributed by atoms with Gasteiger partial charge in [-0.15, -0.1) is 11.8 Å². The number of rotatable bonds is 2. The van der Waals surface area contributed by atoms with Gasteiger partial charge in [-0.25, -0.2) is 4.79 Å². The van der Waals surface area contributed by atoms with Crippen molar-refractivity contribution in [3.63, 3.8) is 0 Å². The average molecular weight is 239 g/mol. The van der Waals surface area contributed by atoms with E-state index >= 15 is 0 Å². The van der Waals surface area contributed by atoms with Crippen LogP contribution in [-0.4, -0.2) is 30.3 Å². The van der Waals surface area contributed by atoms with Crippen LogP contribution < -0.4 is 5.32 Å². The van der Waals surface area contributed by atoms with Crippen molar-refractivity contribution in [2.45, 2.75) is 24.6 Å². The van der Waals surface area contributed by atoms with Gasteiger partial charge in [0, 0.05) is 6.08 Å². The van der Waals surface area contributed by atoms with Crippen molar-refractivity contribution in [1.82, 2.24) is 5.32 Å². The van der Waals surface area contributed by atoms with Gasteiger partial charge in [-0.1, -0.05) is 6.92 Å². The molecule has 0 aromatic rings. The second kappa shape index (κ2) is 4.33. The summed E-state index contributed by atoms with van der Waals surface area (Å²) in [5, 5.41) is 4.74. The minimum Gasteiger partial charge on any atom is -0.466 e. The minimum atomic E-state index is -0.363. The number of esters is 1. The molecule has 0 aliphatic carbocycles. The molecule has 2 atom stereocenters. The van der Waals surface area contributed by atoms with Gasteiger partial charge in [-0.05, 0) is 17.4 Å². The molecule has 2 rings (SSSR count). The number of amides is 1. The molecule has 2 heterocycles. The van der Waals surface area contributed by atoms with Crippen LogP contribution in [0.15, 0.2) is 22.6 Å². The van der Waals surface area contributed by atoms with Crippen LogP contribution in [0.4, 0.5) is 0 Å². The van der Waals surface area contributed by atoms with E-state index in [4.69, 9.17) is 4.74 Å². The first-order valence-corrected chi connectivity index (χ1v) is 6.06. The Kier molecular flexibility index (Phi) is 3.05. The van der Waals surface area contributed by atoms with Gasteiger partial charge in [0.15, 0.2) is 0 Å². The molecule has 0 bridgehead atoms. The first-order chi connectivity index (χ1) is 7.67. The summed E-state index contributed by atoms with van der Waals surface area (Å²) in [5.74, 6) is -0.493. The molecule has 0 saturated heterocycles. The molecule has 0 aromatic heterocycles. The molecule has 2 aliphatic heterocycles. The molecule has 1 amide bonds. The van der Waals surface area contributed by atoms with E-state index in [1.54, 1.807) is 23.2 Å². The molecule has 0 saturated carbocycles. The number of hydrogen-bond donors (Lipinski definition) is 1. The molecule has 86 valence electrons. The zero-order valence-electron chi connectivity index (χ0n) is 9.15. The second-order valence-corrected chi connectivity index (χ2v) is 4.70. The third-order valence-electron chi connectivity index (χ3n) is 2.79. The largest absolute Gasteiger partial charge is 0.466 e. The first-order valence-electron chi connectivity index (χ1n) is 5.12. The lowest BCUT2D eigenvalue weighted by atomic mass is 9.94. The number of carbonyl (C=O) groups excluding carboxylic acids is 2. The van der Waals surface area contributed by atoms with Crippen LogP contribution in [0.25, 0.3) is 0 Å². The second-order valence-electron chi connectivity index (χ2n) is 3.68. The Bertz CT molecular complexity index is 400. The Morgan fingerprint density at radius 1 is 1.62 bits per heavy atom. The minimum absolute atomic E-state index is 0.129. The molecule has 0 radical (unpaired) electrons. The summed E-state index contributed by atoms with van der Waals surface area (Å²) in [7, 11) is 1.35. The lowest BCUT2D eigenvalue weighted by molar-refractivity contribution is -0.136. The van der Waals surface area contributed by atoms with Gasteiger partial charge in [0.2, 0.25) is 5.91 Å². The lowest BCUT2D eigenvalue weighted by Crippen LogP contribution is -2.46. The number of thioether (sulfide) groups is 1. The molecule has 2 aliphatic rings. The summed E-state index contributed by atoms with van der Waals surface area (Å²) in [4.78, 5) is 23.0. The molecule has 5 heteroatoms. The quantitative estimate of drug-likeness (QED) is 0.730. The van der Waals surface area contributed by atoms with Gasteiger partial charge in [0.25, 0.3) is 0 Å². The average Bonchev–Trinajstić information content (AvgIpc) is 2.70. The van der Waals surface area contributed by atoms with Gasteiger partial charge in [-0.2, -0.15) is 0 Å². The third kappa shape index (κ3) is 1.75. The Morgan fingerprint density at radius 3 is 3.00 bits per heavy atom. The van der Waals surface area contributed by atoms with Gasteiger partial charge < -0.3 is 10.1 Å². The summed E-state index contributed by atoms with van der Waals surface area (Å²) in [6.45, 7) is 2.01. The Morgan fingerprint density at radius 2 is 2.38 bits per heavy atom. The van der Waals surface area contributed by atoms with Gasteiger partial charge in [-0.3, -0.25) is 4.79 Å². The van der Waals surface area contributed by atoms with Crippen molar-refractivity contribution in [3.05, 3.63) is 22.6 Å². The SMILES string of the molecule is CCC1=CC(=O)NC2C(C(=O)OC)=CSC12. The van der Waals surface area contributed by atoms with Crippen molar-refractivity contribution < 1.29 is 14.3 Å². The summed E-state index contributed by atoms with van der Waals surface area (Å²) < 4.78 is 4.70. The number of ether oxygens (including phenoxy) is 1. The van der Waals surface area contributed by atoms with Crippen LogP contribution in [0.3, 0.4) is 0 Å². The van der Waals surface area contributed by atoms with Crippen molar-refractivity contribution in [2.75, 3.05) is 7.11 Å². The van der Waals surface area contributed by atoms with Gasteiger partial charge in [0.05, 0.1) is 24.0 Å². The predicted molar refractivity (Wildman–Crippen MR) is 61.8 cm³/mol. The lowest BCUT2D eigenvalue weighted by Gasteiger charge is -2.27. The third-order valence-corrected chi connectivity index (χ3v) is 4.05. The highest BCUT2D eigenvalue weighted by Gasteiger charge is 2.39. The fraction of sp³-hybridized carbons (Fsp3) is 0.455. The molecule has 0 fully saturated rings. The number of nitrogens with one attached hydrogen (secondary N) is 1. The number of carbonyl (C=O) groups is 2. The molecule has 4 nitrogen and oxygen atoms in total. The predicted octanol–water partition coefficient (Wildman–Crippen LogP) is 0.993. The van der Waals surface area contributed by atoms with E-state index in [0.29, 0.717) is 5.57 Å². The highest BCUT2D eigenvalue weighted by atomic mass is 32.2. The maximum absolute atomic E-state index is 11.5. The van der Waals surface area contributed by atoms with E-state index in [0.717, 1.165) is 12.0 Å². The van der Waals surface area contributed by atoms with E-state index < -0.39 is 0 Å². The number of fused-ring (bicyclic) bond motifs is 1. The van der Waals surface area contributed by atoms with Crippen LogP contribution in [0.1, 0.15) is 13.3 Å². The maximum Gasteiger partial charge on any atom is 0.336 e. The highest BCUT2D eigenvalue weighted by Crippen LogP contribution is 2.38. The number of hydrogen-bond acceptors (Lipinski definition) is 4. The summed E-state index contributed by atoms with van der Waals surface area (Å²) >= 11 is 1.57. The summed E-state index contributed by atoms with van der Waals surface area (Å²) in [6, 6.07) is -0.232. The van der Waals surface area contributed by atoms with Crippen LogP contribution in [-0.2, 0) is 14.3 Å². The zero-order chi connectivity index (χ0) is 11.7. The van der Waals surface area contributed by atoms with Gasteiger partial charge >= 0.3 is 5.97 Å². The topological polar surface area (TPSA) is 55.4 Å². The Balaban J connectivity index is 2.26. The van der Waals surface area contributed by atoms with E-state index in [1.165, 1.54) is 7.11 Å². The van der Waals surface area contributed by atoms with Crippen molar-refractivity contribution >= 4 is 23.6 Å². The van der Waals surface area contributed by atoms with Crippen LogP contribution in [0.5, 0.6) is 0 Å². The molecular weight excluding hydrogens is 226 g/mol. The van der Waals surface area contributed by atoms with Crippen molar-refractivity contribution in [2.24, 2.45) is 0 Å². The van der Waals surface area contributed by atoms with E-state index in [-0.39, 0.29) is 23.2 Å². The maximum atomic E-state index is 11.5. The van der Waals surface area contributed by atoms with Gasteiger partial charge in [0.1, 0.15) is 0 Å². The molecule has 0 aromatic carbocycles. The molecule has 16 heavy (non-hydrogen) atoms. The number of methoxy groups -OCH3 is 1. The molecule has 0 spiro atoms. The van der Waals surface area contributed by atoms with Crippen molar-refractivity contribution in [3.8, 4) is 0 Å². The van der Waals surface area contributed by atoms with Crippen molar-refractivity contribution in [1.29, 1.82) is 0 Å². The molecule has 2 unspecified atom stereocenters. The molecule has 1 N–H and O–H groups in total.